The molecule has 1 amide bonds. The lowest BCUT2D eigenvalue weighted by atomic mass is 9.80. The minimum absolute atomic E-state index is 0.308. The van der Waals surface area contributed by atoms with Gasteiger partial charge in [-0.05, 0) is 43.2 Å². The van der Waals surface area contributed by atoms with Crippen LogP contribution in [0.25, 0.3) is 0 Å². The molecular weight excluding hydrogens is 312 g/mol. The summed E-state index contributed by atoms with van der Waals surface area (Å²) < 4.78 is 0. The largest absolute Gasteiger partial charge is 0.354 e. The summed E-state index contributed by atoms with van der Waals surface area (Å²) in [7, 11) is 0. The fourth-order valence-electron chi connectivity index (χ4n) is 4.24. The molecule has 0 bridgehead atoms. The number of pyridine rings is 1. The second-order valence-electron chi connectivity index (χ2n) is 7.55. The number of carbonyl (C=O) groups is 1. The maximum Gasteiger partial charge on any atom is 0.222 e. The summed E-state index contributed by atoms with van der Waals surface area (Å²) in [6.45, 7) is 5.43. The van der Waals surface area contributed by atoms with E-state index < -0.39 is 0 Å². The maximum atomic E-state index is 12.7. The van der Waals surface area contributed by atoms with E-state index in [1.54, 1.807) is 18.3 Å². The second-order valence-corrected chi connectivity index (χ2v) is 7.55. The third kappa shape index (κ3) is 4.50. The highest BCUT2D eigenvalue weighted by molar-refractivity contribution is 5.76. The van der Waals surface area contributed by atoms with Gasteiger partial charge in [0, 0.05) is 38.8 Å². The molecule has 1 aromatic rings. The number of nitriles is 1. The molecule has 0 aromatic carbocycles. The van der Waals surface area contributed by atoms with Crippen molar-refractivity contribution in [2.24, 2.45) is 11.8 Å². The van der Waals surface area contributed by atoms with Crippen molar-refractivity contribution < 1.29 is 4.79 Å². The zero-order chi connectivity index (χ0) is 17.6. The van der Waals surface area contributed by atoms with Gasteiger partial charge in [0.15, 0.2) is 0 Å². The van der Waals surface area contributed by atoms with Gasteiger partial charge in [0.2, 0.25) is 5.91 Å². The summed E-state index contributed by atoms with van der Waals surface area (Å²) in [5.41, 5.74) is 0.610. The number of anilines is 1. The Balaban J connectivity index is 1.58. The second kappa shape index (κ2) is 8.33. The molecule has 0 N–H and O–H groups in total. The summed E-state index contributed by atoms with van der Waals surface area (Å²) in [5.74, 6) is 2.39. The van der Waals surface area contributed by atoms with Gasteiger partial charge in [0.05, 0.1) is 5.56 Å². The third-order valence-electron chi connectivity index (χ3n) is 5.56. The monoisotopic (exact) mass is 340 g/mol. The average Bonchev–Trinajstić information content (AvgIpc) is 2.88. The molecule has 0 unspecified atom stereocenters. The molecule has 0 spiro atoms. The van der Waals surface area contributed by atoms with Crippen LogP contribution in [0.15, 0.2) is 18.3 Å². The van der Waals surface area contributed by atoms with Gasteiger partial charge in [0.1, 0.15) is 11.9 Å². The number of nitrogens with zero attached hydrogens (tertiary/aromatic N) is 4. The summed E-state index contributed by atoms with van der Waals surface area (Å²) in [5, 5.41) is 9.28. The summed E-state index contributed by atoms with van der Waals surface area (Å²) in [4.78, 5) is 21.3. The lowest BCUT2D eigenvalue weighted by Crippen LogP contribution is -2.36. The van der Waals surface area contributed by atoms with Crippen LogP contribution in [0.1, 0.15) is 51.0 Å². The van der Waals surface area contributed by atoms with E-state index in [9.17, 15) is 10.1 Å². The van der Waals surface area contributed by atoms with Gasteiger partial charge in [-0.2, -0.15) is 5.26 Å². The normalized spacial score (nSPS) is 24.5. The first-order valence-corrected chi connectivity index (χ1v) is 9.55. The van der Waals surface area contributed by atoms with Crippen molar-refractivity contribution in [1.82, 2.24) is 9.88 Å². The van der Waals surface area contributed by atoms with E-state index in [-0.39, 0.29) is 0 Å². The lowest BCUT2D eigenvalue weighted by molar-refractivity contribution is -0.132. The Morgan fingerprint density at radius 1 is 1.28 bits per heavy atom. The fourth-order valence-corrected chi connectivity index (χ4v) is 4.24. The molecule has 1 aliphatic heterocycles. The molecule has 2 aliphatic rings. The van der Waals surface area contributed by atoms with E-state index in [0.717, 1.165) is 44.3 Å². The lowest BCUT2D eigenvalue weighted by Gasteiger charge is -2.29. The highest BCUT2D eigenvalue weighted by atomic mass is 16.2. The smallest absolute Gasteiger partial charge is 0.222 e. The zero-order valence-corrected chi connectivity index (χ0v) is 15.2. The molecule has 5 heteroatoms. The van der Waals surface area contributed by atoms with Crippen LogP contribution in [-0.4, -0.2) is 42.0 Å². The minimum atomic E-state index is 0.308. The Morgan fingerprint density at radius 3 is 2.96 bits per heavy atom. The molecule has 2 atom stereocenters. The highest BCUT2D eigenvalue weighted by Gasteiger charge is 2.26. The Labute approximate surface area is 150 Å². The summed E-state index contributed by atoms with van der Waals surface area (Å²) in [6, 6.07) is 5.82. The number of aromatic nitrogens is 1. The van der Waals surface area contributed by atoms with Crippen LogP contribution in [-0.2, 0) is 4.79 Å². The average molecular weight is 340 g/mol. The SMILES string of the molecule is C[C@H]1CCC[C@H](CC(=O)N2CCCN(c3ncccc3C#N)CC2)C1. The van der Waals surface area contributed by atoms with Gasteiger partial charge in [-0.15, -0.1) is 0 Å². The van der Waals surface area contributed by atoms with Gasteiger partial charge in [-0.3, -0.25) is 4.79 Å². The third-order valence-corrected chi connectivity index (χ3v) is 5.56. The van der Waals surface area contributed by atoms with Crippen LogP contribution in [0, 0.1) is 23.2 Å². The number of amides is 1. The van der Waals surface area contributed by atoms with Crippen LogP contribution in [0.4, 0.5) is 5.82 Å². The molecule has 2 fully saturated rings. The van der Waals surface area contributed by atoms with Crippen LogP contribution in [0.3, 0.4) is 0 Å². The van der Waals surface area contributed by atoms with E-state index in [1.165, 1.54) is 25.7 Å². The molecule has 0 radical (unpaired) electrons. The zero-order valence-electron chi connectivity index (χ0n) is 15.2. The minimum Gasteiger partial charge on any atom is -0.354 e. The van der Waals surface area contributed by atoms with Crippen molar-refractivity contribution >= 4 is 11.7 Å². The Morgan fingerprint density at radius 2 is 2.16 bits per heavy atom. The van der Waals surface area contributed by atoms with Gasteiger partial charge in [-0.25, -0.2) is 4.98 Å². The molecule has 134 valence electrons. The predicted octanol–water partition coefficient (Wildman–Crippen LogP) is 3.21. The molecule has 1 saturated heterocycles. The topological polar surface area (TPSA) is 60.2 Å². The van der Waals surface area contributed by atoms with Crippen molar-refractivity contribution in [2.75, 3.05) is 31.1 Å². The van der Waals surface area contributed by atoms with Crippen molar-refractivity contribution in [2.45, 2.75) is 45.4 Å². The number of hydrogen-bond acceptors (Lipinski definition) is 4. The predicted molar refractivity (Wildman–Crippen MR) is 98.1 cm³/mol. The first-order chi connectivity index (χ1) is 12.2. The van der Waals surface area contributed by atoms with E-state index in [1.807, 2.05) is 4.90 Å². The number of rotatable bonds is 3. The van der Waals surface area contributed by atoms with Crippen LogP contribution >= 0.6 is 0 Å². The van der Waals surface area contributed by atoms with E-state index >= 15 is 0 Å². The maximum absolute atomic E-state index is 12.7. The standard InChI is InChI=1S/C20H28N4O/c1-16-5-2-6-17(13-16)14-19(25)23-9-4-10-24(12-11-23)20-18(15-21)7-3-8-22-20/h3,7-8,16-17H,2,4-6,9-14H2,1H3/t16-,17-/m0/s1. The van der Waals surface area contributed by atoms with Crippen LogP contribution in [0.2, 0.25) is 0 Å². The molecule has 1 aliphatic carbocycles. The molecule has 1 aromatic heterocycles. The van der Waals surface area contributed by atoms with Gasteiger partial charge in [-0.1, -0.05) is 19.8 Å². The van der Waals surface area contributed by atoms with Crippen LogP contribution < -0.4 is 4.90 Å². The van der Waals surface area contributed by atoms with Crippen molar-refractivity contribution in [3.63, 3.8) is 0 Å². The Hall–Kier alpha value is -2.09. The van der Waals surface area contributed by atoms with Crippen LogP contribution in [0.5, 0.6) is 0 Å². The Kier molecular flexibility index (Phi) is 5.91. The fraction of sp³-hybridized carbons (Fsp3) is 0.650. The molecule has 2 heterocycles. The quantitative estimate of drug-likeness (QED) is 0.848. The molecule has 3 rings (SSSR count). The molecule has 25 heavy (non-hydrogen) atoms. The van der Waals surface area contributed by atoms with E-state index in [0.29, 0.717) is 23.8 Å². The molecule has 1 saturated carbocycles. The van der Waals surface area contributed by atoms with E-state index in [4.69, 9.17) is 0 Å². The first-order valence-electron chi connectivity index (χ1n) is 9.55. The molecular formula is C20H28N4O. The number of carbonyl (C=O) groups excluding carboxylic acids is 1. The van der Waals surface area contributed by atoms with Crippen molar-refractivity contribution in [3.05, 3.63) is 23.9 Å². The van der Waals surface area contributed by atoms with Gasteiger partial charge < -0.3 is 9.80 Å². The Bertz CT molecular complexity index is 639. The van der Waals surface area contributed by atoms with E-state index in [2.05, 4.69) is 22.9 Å². The summed E-state index contributed by atoms with van der Waals surface area (Å²) >= 11 is 0. The van der Waals surface area contributed by atoms with Crippen molar-refractivity contribution in [3.8, 4) is 6.07 Å². The van der Waals surface area contributed by atoms with Crippen molar-refractivity contribution in [1.29, 1.82) is 5.26 Å². The number of hydrogen-bond donors (Lipinski definition) is 0. The molecule has 5 nitrogen and oxygen atoms in total. The summed E-state index contributed by atoms with van der Waals surface area (Å²) in [6.07, 6.45) is 8.35. The first kappa shape index (κ1) is 17.7. The van der Waals surface area contributed by atoms with Gasteiger partial charge >= 0.3 is 0 Å². The highest BCUT2D eigenvalue weighted by Crippen LogP contribution is 2.31. The van der Waals surface area contributed by atoms with Gasteiger partial charge in [0.25, 0.3) is 0 Å².